The summed E-state index contributed by atoms with van der Waals surface area (Å²) in [5.41, 5.74) is -1.42. The highest BCUT2D eigenvalue weighted by molar-refractivity contribution is 6.38. The lowest BCUT2D eigenvalue weighted by atomic mass is 9.76. The topological polar surface area (TPSA) is 99.2 Å². The van der Waals surface area contributed by atoms with Gasteiger partial charge < -0.3 is 14.2 Å². The minimum Gasteiger partial charge on any atom is -0.422 e. The second-order valence-corrected chi connectivity index (χ2v) is 7.80. The standard InChI is InChI=1S/C19H15Cl2NO7/c1-8(23)27-18(28-9(2)24)19-6-5-13(29-19)14-15(19)17(26)22(16(14)25)12-4-3-10(20)7-11(12)21/h3-7,13-15,18H,1-2H3/t13-,14-,15-,19+/m1/s1. The van der Waals surface area contributed by atoms with E-state index in [4.69, 9.17) is 37.4 Å². The third-order valence-corrected chi connectivity index (χ3v) is 5.68. The monoisotopic (exact) mass is 439 g/mol. The van der Waals surface area contributed by atoms with Gasteiger partial charge in [-0.15, -0.1) is 0 Å². The van der Waals surface area contributed by atoms with E-state index < -0.39 is 53.6 Å². The summed E-state index contributed by atoms with van der Waals surface area (Å²) < 4.78 is 16.2. The Morgan fingerprint density at radius 1 is 1.14 bits per heavy atom. The van der Waals surface area contributed by atoms with Gasteiger partial charge in [-0.1, -0.05) is 29.3 Å². The molecule has 29 heavy (non-hydrogen) atoms. The van der Waals surface area contributed by atoms with Crippen molar-refractivity contribution in [3.8, 4) is 0 Å². The lowest BCUT2D eigenvalue weighted by molar-refractivity contribution is -0.226. The van der Waals surface area contributed by atoms with Crippen molar-refractivity contribution >= 4 is 52.6 Å². The highest BCUT2D eigenvalue weighted by Crippen LogP contribution is 2.55. The van der Waals surface area contributed by atoms with E-state index in [1.54, 1.807) is 6.08 Å². The van der Waals surface area contributed by atoms with Gasteiger partial charge in [0, 0.05) is 18.9 Å². The first kappa shape index (κ1) is 19.9. The van der Waals surface area contributed by atoms with Crippen LogP contribution in [-0.2, 0) is 33.4 Å². The van der Waals surface area contributed by atoms with Crippen LogP contribution in [0.4, 0.5) is 5.69 Å². The molecule has 0 unspecified atom stereocenters. The number of rotatable bonds is 4. The zero-order valence-corrected chi connectivity index (χ0v) is 16.8. The predicted octanol–water partition coefficient (Wildman–Crippen LogP) is 2.26. The van der Waals surface area contributed by atoms with Crippen LogP contribution in [-0.4, -0.2) is 41.7 Å². The number of benzene rings is 1. The van der Waals surface area contributed by atoms with Gasteiger partial charge in [0.15, 0.2) is 5.60 Å². The van der Waals surface area contributed by atoms with E-state index in [0.29, 0.717) is 5.02 Å². The maximum atomic E-state index is 13.3. The van der Waals surface area contributed by atoms with Crippen LogP contribution >= 0.6 is 23.2 Å². The van der Waals surface area contributed by atoms with E-state index in [2.05, 4.69) is 0 Å². The van der Waals surface area contributed by atoms with E-state index in [-0.39, 0.29) is 10.7 Å². The summed E-state index contributed by atoms with van der Waals surface area (Å²) >= 11 is 12.1. The molecule has 2 bridgehead atoms. The molecule has 10 heteroatoms. The minimum atomic E-state index is -1.60. The molecule has 0 saturated carbocycles. The number of hydrogen-bond acceptors (Lipinski definition) is 7. The number of amides is 2. The number of esters is 2. The van der Waals surface area contributed by atoms with Crippen LogP contribution in [0.2, 0.25) is 10.0 Å². The molecule has 152 valence electrons. The van der Waals surface area contributed by atoms with Crippen LogP contribution in [0.5, 0.6) is 0 Å². The molecule has 0 N–H and O–H groups in total. The normalized spacial score (nSPS) is 29.6. The summed E-state index contributed by atoms with van der Waals surface area (Å²) in [5.74, 6) is -4.49. The molecule has 0 aliphatic carbocycles. The van der Waals surface area contributed by atoms with E-state index in [0.717, 1.165) is 18.7 Å². The zero-order valence-electron chi connectivity index (χ0n) is 15.3. The number of carbonyl (C=O) groups excluding carboxylic acids is 4. The molecular formula is C19H15Cl2NO7. The number of imide groups is 1. The molecule has 3 heterocycles. The van der Waals surface area contributed by atoms with Gasteiger partial charge in [-0.3, -0.25) is 19.2 Å². The first-order chi connectivity index (χ1) is 13.7. The highest BCUT2D eigenvalue weighted by Gasteiger charge is 2.72. The van der Waals surface area contributed by atoms with Crippen LogP contribution in [0.25, 0.3) is 0 Å². The maximum Gasteiger partial charge on any atom is 0.305 e. The molecule has 2 amide bonds. The molecule has 1 aromatic carbocycles. The Balaban J connectivity index is 1.76. The molecule has 2 fully saturated rings. The van der Waals surface area contributed by atoms with Gasteiger partial charge >= 0.3 is 11.9 Å². The van der Waals surface area contributed by atoms with Crippen molar-refractivity contribution in [2.24, 2.45) is 11.8 Å². The third kappa shape index (κ3) is 2.94. The second-order valence-electron chi connectivity index (χ2n) is 6.96. The smallest absolute Gasteiger partial charge is 0.305 e. The van der Waals surface area contributed by atoms with Crippen LogP contribution in [0.1, 0.15) is 13.8 Å². The first-order valence-electron chi connectivity index (χ1n) is 8.70. The molecular weight excluding hydrogens is 425 g/mol. The van der Waals surface area contributed by atoms with Crippen molar-refractivity contribution in [1.29, 1.82) is 0 Å². The number of anilines is 1. The van der Waals surface area contributed by atoms with Crippen LogP contribution in [0.15, 0.2) is 30.4 Å². The van der Waals surface area contributed by atoms with Crippen molar-refractivity contribution in [3.63, 3.8) is 0 Å². The fourth-order valence-electron chi connectivity index (χ4n) is 4.12. The van der Waals surface area contributed by atoms with Crippen molar-refractivity contribution in [2.75, 3.05) is 4.90 Å². The van der Waals surface area contributed by atoms with Gasteiger partial charge in [0.25, 0.3) is 6.29 Å². The van der Waals surface area contributed by atoms with Crippen molar-refractivity contribution in [1.82, 2.24) is 0 Å². The van der Waals surface area contributed by atoms with Crippen LogP contribution in [0, 0.1) is 11.8 Å². The first-order valence-corrected chi connectivity index (χ1v) is 9.46. The number of halogens is 2. The number of carbonyl (C=O) groups is 4. The van der Waals surface area contributed by atoms with E-state index in [1.807, 2.05) is 0 Å². The Bertz CT molecular complexity index is 961. The average Bonchev–Trinajstić information content (AvgIpc) is 3.26. The summed E-state index contributed by atoms with van der Waals surface area (Å²) in [4.78, 5) is 50.6. The van der Waals surface area contributed by atoms with Crippen LogP contribution < -0.4 is 4.90 Å². The van der Waals surface area contributed by atoms with Crippen molar-refractivity contribution < 1.29 is 33.4 Å². The molecule has 1 aromatic rings. The summed E-state index contributed by atoms with van der Waals surface area (Å²) in [6.45, 7) is 2.27. The van der Waals surface area contributed by atoms with Crippen LogP contribution in [0.3, 0.4) is 0 Å². The predicted molar refractivity (Wildman–Crippen MR) is 100.0 cm³/mol. The molecule has 8 nitrogen and oxygen atoms in total. The van der Waals surface area contributed by atoms with Crippen molar-refractivity contribution in [2.45, 2.75) is 31.8 Å². The summed E-state index contributed by atoms with van der Waals surface area (Å²) in [5, 5.41) is 0.482. The van der Waals surface area contributed by atoms with Crippen molar-refractivity contribution in [3.05, 3.63) is 40.4 Å². The molecule has 0 radical (unpaired) electrons. The van der Waals surface area contributed by atoms with Gasteiger partial charge in [-0.05, 0) is 24.3 Å². The van der Waals surface area contributed by atoms with Gasteiger partial charge in [0.1, 0.15) is 0 Å². The molecule has 0 aromatic heterocycles. The second kappa shape index (κ2) is 6.83. The Labute approximate surface area is 175 Å². The average molecular weight is 440 g/mol. The Morgan fingerprint density at radius 3 is 2.38 bits per heavy atom. The highest BCUT2D eigenvalue weighted by atomic mass is 35.5. The van der Waals surface area contributed by atoms with Gasteiger partial charge in [-0.25, -0.2) is 4.90 Å². The third-order valence-electron chi connectivity index (χ3n) is 5.14. The van der Waals surface area contributed by atoms with Gasteiger partial charge in [0.05, 0.1) is 28.6 Å². The quantitative estimate of drug-likeness (QED) is 0.307. The fourth-order valence-corrected chi connectivity index (χ4v) is 4.61. The minimum absolute atomic E-state index is 0.131. The number of nitrogens with zero attached hydrogens (tertiary/aromatic N) is 1. The van der Waals surface area contributed by atoms with Gasteiger partial charge in [0.2, 0.25) is 11.8 Å². The number of fused-ring (bicyclic) bond motifs is 5. The lowest BCUT2D eigenvalue weighted by Gasteiger charge is -2.34. The van der Waals surface area contributed by atoms with E-state index >= 15 is 0 Å². The fraction of sp³-hybridized carbons (Fsp3) is 0.368. The largest absolute Gasteiger partial charge is 0.422 e. The molecule has 0 spiro atoms. The molecule has 4 rings (SSSR count). The summed E-state index contributed by atoms with van der Waals surface area (Å²) in [7, 11) is 0. The molecule has 3 aliphatic rings. The number of hydrogen-bond donors (Lipinski definition) is 0. The Morgan fingerprint density at radius 2 is 1.79 bits per heavy atom. The maximum absolute atomic E-state index is 13.3. The molecule has 2 saturated heterocycles. The summed E-state index contributed by atoms with van der Waals surface area (Å²) in [6, 6.07) is 4.41. The Hall–Kier alpha value is -2.42. The molecule has 3 aliphatic heterocycles. The van der Waals surface area contributed by atoms with E-state index in [1.165, 1.54) is 24.3 Å². The Kier molecular flexibility index (Phi) is 4.68. The number of ether oxygens (including phenoxy) is 3. The molecule has 4 atom stereocenters. The van der Waals surface area contributed by atoms with Gasteiger partial charge in [-0.2, -0.15) is 0 Å². The van der Waals surface area contributed by atoms with E-state index in [9.17, 15) is 19.2 Å². The zero-order chi connectivity index (χ0) is 21.1. The summed E-state index contributed by atoms with van der Waals surface area (Å²) in [6.07, 6.45) is 0.847. The SMILES string of the molecule is CC(=O)OC(OC(C)=O)[C@@]12C=C[C@@H](O1)[C@H]1C(=O)N(c3ccc(Cl)cc3Cl)C(=O)[C@@H]12. The lowest BCUT2D eigenvalue weighted by Crippen LogP contribution is -2.52.